The maximum atomic E-state index is 9.85. The minimum Gasteiger partial charge on any atom is -0.393 e. The lowest BCUT2D eigenvalue weighted by molar-refractivity contribution is 0.0346. The third-order valence-corrected chi connectivity index (χ3v) is 5.31. The van der Waals surface area contributed by atoms with Gasteiger partial charge in [0, 0.05) is 18.7 Å². The van der Waals surface area contributed by atoms with Crippen molar-refractivity contribution >= 4 is 11.8 Å². The van der Waals surface area contributed by atoms with Crippen LogP contribution in [0.25, 0.3) is 0 Å². The lowest BCUT2D eigenvalue weighted by atomic mass is 9.93. The Morgan fingerprint density at radius 3 is 2.69 bits per heavy atom. The first-order chi connectivity index (χ1) is 12.7. The molecule has 1 aromatic heterocycles. The second kappa shape index (κ2) is 9.15. The van der Waals surface area contributed by atoms with E-state index in [9.17, 15) is 10.4 Å². The van der Waals surface area contributed by atoms with Crippen LogP contribution < -0.4 is 10.6 Å². The second-order valence-electron chi connectivity index (χ2n) is 7.30. The van der Waals surface area contributed by atoms with Crippen LogP contribution in [0.1, 0.15) is 63.9 Å². The van der Waals surface area contributed by atoms with Crippen molar-refractivity contribution in [3.05, 3.63) is 11.8 Å². The maximum Gasteiger partial charge on any atom is 0.224 e. The van der Waals surface area contributed by atoms with Crippen molar-refractivity contribution in [3.63, 3.8) is 0 Å². The van der Waals surface area contributed by atoms with Crippen LogP contribution in [-0.2, 0) is 4.74 Å². The van der Waals surface area contributed by atoms with Gasteiger partial charge in [-0.2, -0.15) is 10.2 Å². The summed E-state index contributed by atoms with van der Waals surface area (Å²) >= 11 is 0. The van der Waals surface area contributed by atoms with Gasteiger partial charge in [0.1, 0.15) is 17.5 Å². The number of aliphatic hydroxyl groups is 1. The molecule has 0 unspecified atom stereocenters. The Morgan fingerprint density at radius 2 is 2.00 bits per heavy atom. The van der Waals surface area contributed by atoms with Gasteiger partial charge in [0.05, 0.1) is 18.4 Å². The molecule has 7 heteroatoms. The number of nitrogens with one attached hydrogen (secondary N) is 2. The number of anilines is 2. The van der Waals surface area contributed by atoms with Crippen LogP contribution in [0.5, 0.6) is 0 Å². The number of aliphatic hydroxyl groups excluding tert-OH is 1. The van der Waals surface area contributed by atoms with Gasteiger partial charge in [-0.05, 0) is 58.3 Å². The Kier molecular flexibility index (Phi) is 6.64. The molecule has 3 N–H and O–H groups in total. The molecule has 0 spiro atoms. The van der Waals surface area contributed by atoms with Gasteiger partial charge in [-0.3, -0.25) is 0 Å². The van der Waals surface area contributed by atoms with Gasteiger partial charge in [0.25, 0.3) is 0 Å². The van der Waals surface area contributed by atoms with Gasteiger partial charge >= 0.3 is 0 Å². The lowest BCUT2D eigenvalue weighted by Crippen LogP contribution is -2.31. The van der Waals surface area contributed by atoms with Crippen LogP contribution in [0, 0.1) is 11.3 Å². The molecule has 1 heterocycles. The largest absolute Gasteiger partial charge is 0.393 e. The minimum absolute atomic E-state index is 0.148. The molecule has 2 aliphatic carbocycles. The van der Waals surface area contributed by atoms with E-state index in [4.69, 9.17) is 4.74 Å². The highest BCUT2D eigenvalue weighted by atomic mass is 16.5. The molecule has 2 saturated carbocycles. The highest BCUT2D eigenvalue weighted by molar-refractivity contribution is 5.54. The smallest absolute Gasteiger partial charge is 0.224 e. The van der Waals surface area contributed by atoms with E-state index in [1.54, 1.807) is 6.20 Å². The van der Waals surface area contributed by atoms with E-state index in [-0.39, 0.29) is 12.1 Å². The van der Waals surface area contributed by atoms with Crippen LogP contribution in [0.4, 0.5) is 11.8 Å². The highest BCUT2D eigenvalue weighted by Gasteiger charge is 2.24. The zero-order valence-electron chi connectivity index (χ0n) is 15.4. The van der Waals surface area contributed by atoms with Crippen molar-refractivity contribution in [2.75, 3.05) is 17.2 Å². The molecule has 2 atom stereocenters. The lowest BCUT2D eigenvalue weighted by Gasteiger charge is -2.29. The zero-order valence-corrected chi connectivity index (χ0v) is 15.4. The van der Waals surface area contributed by atoms with Crippen molar-refractivity contribution < 1.29 is 9.84 Å². The number of ether oxygens (including phenoxy) is 1. The Bertz CT molecular complexity index is 625. The first-order valence-corrected chi connectivity index (χ1v) is 9.77. The summed E-state index contributed by atoms with van der Waals surface area (Å²) in [6, 6.07) is 2.64. The molecule has 142 valence electrons. The van der Waals surface area contributed by atoms with Crippen LogP contribution in [0.2, 0.25) is 0 Å². The molecule has 0 amide bonds. The van der Waals surface area contributed by atoms with Gasteiger partial charge < -0.3 is 20.5 Å². The number of nitriles is 1. The van der Waals surface area contributed by atoms with Crippen LogP contribution >= 0.6 is 0 Å². The molecule has 26 heavy (non-hydrogen) atoms. The number of nitrogens with zero attached hydrogens (tertiary/aromatic N) is 3. The first-order valence-electron chi connectivity index (χ1n) is 9.77. The number of hydrogen-bond acceptors (Lipinski definition) is 7. The van der Waals surface area contributed by atoms with Crippen LogP contribution in [0.3, 0.4) is 0 Å². The average Bonchev–Trinajstić information content (AvgIpc) is 2.64. The van der Waals surface area contributed by atoms with Crippen molar-refractivity contribution in [1.82, 2.24) is 9.97 Å². The first kappa shape index (κ1) is 18.9. The third-order valence-electron chi connectivity index (χ3n) is 5.31. The maximum absolute atomic E-state index is 9.85. The molecule has 0 aromatic carbocycles. The summed E-state index contributed by atoms with van der Waals surface area (Å²) < 4.78 is 5.70. The standard InChI is InChI=1S/C19H29N5O2/c1-2-26-17-8-6-14(7-9-17)23-19-21-12-13(11-20)18(24-19)22-15-4-3-5-16(25)10-15/h12,14-17,25H,2-10H2,1H3,(H2,21,22,23,24)/t14-,15-,16+,17-/m1/s1. The van der Waals surface area contributed by atoms with Gasteiger partial charge in [0.2, 0.25) is 5.95 Å². The van der Waals surface area contributed by atoms with Crippen molar-refractivity contribution in [1.29, 1.82) is 5.26 Å². The molecule has 7 nitrogen and oxygen atoms in total. The van der Waals surface area contributed by atoms with Crippen molar-refractivity contribution in [2.24, 2.45) is 0 Å². The van der Waals surface area contributed by atoms with E-state index in [0.29, 0.717) is 35.9 Å². The van der Waals surface area contributed by atoms with Gasteiger partial charge in [-0.1, -0.05) is 0 Å². The molecule has 0 saturated heterocycles. The summed E-state index contributed by atoms with van der Waals surface area (Å²) in [4.78, 5) is 8.85. The average molecular weight is 359 g/mol. The number of rotatable bonds is 6. The fraction of sp³-hybridized carbons (Fsp3) is 0.737. The Hall–Kier alpha value is -1.91. The SMILES string of the molecule is CCO[C@H]1CC[C@H](Nc2ncc(C#N)c(N[C@@H]3CCC[C@H](O)C3)n2)CC1. The molecule has 0 aliphatic heterocycles. The fourth-order valence-electron chi connectivity index (χ4n) is 3.92. The normalized spacial score (nSPS) is 29.0. The molecule has 1 aromatic rings. The molecule has 0 bridgehead atoms. The summed E-state index contributed by atoms with van der Waals surface area (Å²) in [5, 5.41) is 25.9. The summed E-state index contributed by atoms with van der Waals surface area (Å²) in [5.74, 6) is 1.12. The topological polar surface area (TPSA) is 103 Å². The van der Waals surface area contributed by atoms with Crippen LogP contribution in [0.15, 0.2) is 6.20 Å². The quantitative estimate of drug-likeness (QED) is 0.717. The summed E-state index contributed by atoms with van der Waals surface area (Å²) in [6.07, 6.45) is 9.35. The summed E-state index contributed by atoms with van der Waals surface area (Å²) in [7, 11) is 0. The molecule has 2 aliphatic rings. The molecule has 0 radical (unpaired) electrons. The minimum atomic E-state index is -0.272. The van der Waals surface area contributed by atoms with E-state index >= 15 is 0 Å². The summed E-state index contributed by atoms with van der Waals surface area (Å²) in [5.41, 5.74) is 0.440. The van der Waals surface area contributed by atoms with Crippen molar-refractivity contribution in [2.45, 2.75) is 82.6 Å². The fourth-order valence-corrected chi connectivity index (χ4v) is 3.92. The Labute approximate surface area is 155 Å². The van der Waals surface area contributed by atoms with E-state index in [0.717, 1.165) is 51.6 Å². The Balaban J connectivity index is 1.61. The number of hydrogen-bond donors (Lipinski definition) is 3. The molecule has 3 rings (SSSR count). The highest BCUT2D eigenvalue weighted by Crippen LogP contribution is 2.25. The van der Waals surface area contributed by atoms with Crippen molar-refractivity contribution in [3.8, 4) is 6.07 Å². The predicted molar refractivity (Wildman–Crippen MR) is 99.9 cm³/mol. The third kappa shape index (κ3) is 5.05. The van der Waals surface area contributed by atoms with E-state index in [1.165, 1.54) is 0 Å². The van der Waals surface area contributed by atoms with Gasteiger partial charge in [-0.25, -0.2) is 4.98 Å². The Morgan fingerprint density at radius 1 is 1.19 bits per heavy atom. The van der Waals surface area contributed by atoms with E-state index in [1.807, 2.05) is 6.92 Å². The molecular weight excluding hydrogens is 330 g/mol. The van der Waals surface area contributed by atoms with Crippen LogP contribution in [-0.4, -0.2) is 46.0 Å². The second-order valence-corrected chi connectivity index (χ2v) is 7.30. The van der Waals surface area contributed by atoms with Gasteiger partial charge in [-0.15, -0.1) is 0 Å². The number of aromatic nitrogens is 2. The predicted octanol–water partition coefficient (Wildman–Crippen LogP) is 2.82. The van der Waals surface area contributed by atoms with E-state index in [2.05, 4.69) is 26.7 Å². The van der Waals surface area contributed by atoms with Gasteiger partial charge in [0.15, 0.2) is 0 Å². The zero-order chi connectivity index (χ0) is 18.4. The summed E-state index contributed by atoms with van der Waals surface area (Å²) in [6.45, 7) is 2.81. The monoisotopic (exact) mass is 359 g/mol. The molecule has 2 fully saturated rings. The van der Waals surface area contributed by atoms with E-state index < -0.39 is 0 Å². The molecular formula is C19H29N5O2.